The second-order valence-electron chi connectivity index (χ2n) is 8.15. The lowest BCUT2D eigenvalue weighted by molar-refractivity contribution is 0.414. The molecule has 160 valence electrons. The van der Waals surface area contributed by atoms with Crippen molar-refractivity contribution in [2.75, 3.05) is 23.3 Å². The van der Waals surface area contributed by atoms with Crippen molar-refractivity contribution < 1.29 is 0 Å². The summed E-state index contributed by atoms with van der Waals surface area (Å²) in [4.78, 5) is 20.4. The lowest BCUT2D eigenvalue weighted by Crippen LogP contribution is -2.39. The summed E-state index contributed by atoms with van der Waals surface area (Å²) in [6.07, 6.45) is 12.1. The Balaban J connectivity index is 1.52. The van der Waals surface area contributed by atoms with E-state index in [2.05, 4.69) is 37.4 Å². The topological polar surface area (TPSA) is 78.9 Å². The molecule has 9 heteroatoms. The molecule has 30 heavy (non-hydrogen) atoms. The Morgan fingerprint density at radius 3 is 2.67 bits per heavy atom. The Hall–Kier alpha value is -2.00. The molecule has 0 aromatic carbocycles. The van der Waals surface area contributed by atoms with Gasteiger partial charge in [-0.25, -0.2) is 15.0 Å². The molecule has 1 aliphatic carbocycles. The van der Waals surface area contributed by atoms with E-state index in [-0.39, 0.29) is 0 Å². The fraction of sp³-hybridized carbons (Fsp3) is 0.571. The lowest BCUT2D eigenvalue weighted by Gasteiger charge is -2.32. The van der Waals surface area contributed by atoms with E-state index in [1.54, 1.807) is 12.4 Å². The van der Waals surface area contributed by atoms with Crippen molar-refractivity contribution in [1.29, 1.82) is 0 Å². The zero-order chi connectivity index (χ0) is 20.8. The number of rotatable bonds is 5. The summed E-state index contributed by atoms with van der Waals surface area (Å²) >= 11 is 7.00. The summed E-state index contributed by atoms with van der Waals surface area (Å²) in [7, 11) is 0. The minimum absolute atomic E-state index is 0.441. The van der Waals surface area contributed by atoms with Gasteiger partial charge >= 0.3 is 0 Å². The molecule has 2 fully saturated rings. The number of piperidine rings is 1. The Kier molecular flexibility index (Phi) is 7.33. The van der Waals surface area contributed by atoms with E-state index in [1.165, 1.54) is 56.7 Å². The van der Waals surface area contributed by atoms with Gasteiger partial charge < -0.3 is 15.5 Å². The number of nitrogens with zero attached hydrogens (tertiary/aromatic N) is 5. The Morgan fingerprint density at radius 1 is 1.10 bits per heavy atom. The summed E-state index contributed by atoms with van der Waals surface area (Å²) in [6, 6.07) is 4.28. The minimum Gasteiger partial charge on any atom is -0.360 e. The van der Waals surface area contributed by atoms with Crippen molar-refractivity contribution in [3.05, 3.63) is 24.5 Å². The molecule has 0 amide bonds. The maximum Gasteiger partial charge on any atom is 0.232 e. The highest BCUT2D eigenvalue weighted by Crippen LogP contribution is 2.29. The largest absolute Gasteiger partial charge is 0.360 e. The van der Waals surface area contributed by atoms with Gasteiger partial charge in [-0.2, -0.15) is 4.98 Å². The predicted octanol–water partition coefficient (Wildman–Crippen LogP) is 4.27. The first-order valence-electron chi connectivity index (χ1n) is 10.8. The molecule has 1 saturated heterocycles. The highest BCUT2D eigenvalue weighted by molar-refractivity contribution is 7.99. The van der Waals surface area contributed by atoms with Gasteiger partial charge in [0, 0.05) is 37.6 Å². The molecule has 0 radical (unpaired) electrons. The lowest BCUT2D eigenvalue weighted by atomic mass is 9.96. The van der Waals surface area contributed by atoms with Crippen LogP contribution in [0.25, 0.3) is 0 Å². The molecule has 2 aliphatic rings. The third kappa shape index (κ3) is 6.01. The summed E-state index contributed by atoms with van der Waals surface area (Å²) < 4.78 is 0. The monoisotopic (exact) mass is 443 g/mol. The molecule has 0 bridgehead atoms. The maximum absolute atomic E-state index is 5.56. The third-order valence-corrected chi connectivity index (χ3v) is 6.61. The molecule has 1 unspecified atom stereocenters. The van der Waals surface area contributed by atoms with Gasteiger partial charge in [0.1, 0.15) is 10.8 Å². The molecular formula is C21H29N7S2. The van der Waals surface area contributed by atoms with Crippen LogP contribution in [0.1, 0.15) is 51.9 Å². The molecule has 2 N–H and O–H groups in total. The van der Waals surface area contributed by atoms with Gasteiger partial charge in [0.2, 0.25) is 5.95 Å². The second kappa shape index (κ2) is 10.3. The molecule has 2 aromatic heterocycles. The molecule has 0 spiro atoms. The molecule has 1 aliphatic heterocycles. The number of hydrogen-bond acceptors (Lipinski definition) is 7. The highest BCUT2D eigenvalue weighted by atomic mass is 32.2. The van der Waals surface area contributed by atoms with Crippen molar-refractivity contribution >= 4 is 40.9 Å². The van der Waals surface area contributed by atoms with Gasteiger partial charge in [-0.1, -0.05) is 26.2 Å². The average Bonchev–Trinajstić information content (AvgIpc) is 2.75. The first-order valence-corrected chi connectivity index (χ1v) is 12.0. The van der Waals surface area contributed by atoms with E-state index in [1.807, 2.05) is 12.1 Å². The van der Waals surface area contributed by atoms with Crippen LogP contribution in [-0.2, 0) is 0 Å². The minimum atomic E-state index is 0.441. The molecule has 2 aromatic rings. The highest BCUT2D eigenvalue weighted by Gasteiger charge is 2.20. The van der Waals surface area contributed by atoms with Gasteiger partial charge in [0.05, 0.1) is 0 Å². The van der Waals surface area contributed by atoms with E-state index in [0.717, 1.165) is 23.9 Å². The van der Waals surface area contributed by atoms with Crippen LogP contribution in [0.4, 0.5) is 11.8 Å². The van der Waals surface area contributed by atoms with Crippen LogP contribution in [0.2, 0.25) is 0 Å². The van der Waals surface area contributed by atoms with Gasteiger partial charge in [0.25, 0.3) is 0 Å². The number of aromatic nitrogens is 4. The number of thiocarbonyl (C=S) groups is 1. The van der Waals surface area contributed by atoms with Crippen molar-refractivity contribution in [3.8, 4) is 0 Å². The standard InChI is InChI=1S/C21H29N7S2/c1-15-7-5-12-28(14-15)17-13-18(30-21-22-10-6-11-23-21)26-19(25-17)27-20(29)24-16-8-3-2-4-9-16/h6,10-11,13,15-16H,2-5,7-9,12,14H2,1H3,(H2,24,25,26,27,29). The zero-order valence-electron chi connectivity index (χ0n) is 17.4. The summed E-state index contributed by atoms with van der Waals surface area (Å²) in [5, 5.41) is 8.74. The van der Waals surface area contributed by atoms with Crippen molar-refractivity contribution in [1.82, 2.24) is 25.3 Å². The van der Waals surface area contributed by atoms with Crippen LogP contribution in [0.5, 0.6) is 0 Å². The van der Waals surface area contributed by atoms with Crippen LogP contribution >= 0.6 is 24.0 Å². The van der Waals surface area contributed by atoms with Gasteiger partial charge in [-0.15, -0.1) is 0 Å². The quantitative estimate of drug-likeness (QED) is 0.400. The molecule has 4 rings (SSSR count). The molecular weight excluding hydrogens is 414 g/mol. The number of hydrogen-bond donors (Lipinski definition) is 2. The van der Waals surface area contributed by atoms with E-state index < -0.39 is 0 Å². The van der Waals surface area contributed by atoms with Crippen LogP contribution in [0.3, 0.4) is 0 Å². The zero-order valence-corrected chi connectivity index (χ0v) is 19.0. The Bertz CT molecular complexity index is 843. The number of anilines is 2. The van der Waals surface area contributed by atoms with Gasteiger partial charge in [-0.05, 0) is 61.6 Å². The number of nitrogens with one attached hydrogen (secondary N) is 2. The van der Waals surface area contributed by atoms with Gasteiger partial charge in [0.15, 0.2) is 10.3 Å². The fourth-order valence-electron chi connectivity index (χ4n) is 4.08. The second-order valence-corrected chi connectivity index (χ2v) is 9.54. The van der Waals surface area contributed by atoms with Gasteiger partial charge in [-0.3, -0.25) is 0 Å². The maximum atomic E-state index is 5.56. The van der Waals surface area contributed by atoms with Crippen molar-refractivity contribution in [3.63, 3.8) is 0 Å². The van der Waals surface area contributed by atoms with E-state index in [0.29, 0.717) is 28.2 Å². The average molecular weight is 444 g/mol. The van der Waals surface area contributed by atoms with Crippen molar-refractivity contribution in [2.45, 2.75) is 68.1 Å². The molecule has 1 atom stereocenters. The normalized spacial score (nSPS) is 20.0. The Labute approximate surface area is 187 Å². The SMILES string of the molecule is CC1CCCN(c2cc(Sc3ncccn3)nc(NC(=S)NC3CCCCC3)n2)C1. The van der Waals surface area contributed by atoms with Crippen LogP contribution in [-0.4, -0.2) is 44.2 Å². The summed E-state index contributed by atoms with van der Waals surface area (Å²) in [5.74, 6) is 2.11. The summed E-state index contributed by atoms with van der Waals surface area (Å²) in [5.41, 5.74) is 0. The Morgan fingerprint density at radius 2 is 1.90 bits per heavy atom. The smallest absolute Gasteiger partial charge is 0.232 e. The van der Waals surface area contributed by atoms with Crippen LogP contribution in [0.15, 0.2) is 34.7 Å². The first-order chi connectivity index (χ1) is 14.7. The first kappa shape index (κ1) is 21.2. The fourth-order valence-corrected chi connectivity index (χ4v) is 5.05. The van der Waals surface area contributed by atoms with Crippen LogP contribution in [0, 0.1) is 5.92 Å². The summed E-state index contributed by atoms with van der Waals surface area (Å²) in [6.45, 7) is 4.31. The molecule has 3 heterocycles. The van der Waals surface area contributed by atoms with Crippen molar-refractivity contribution in [2.24, 2.45) is 5.92 Å². The predicted molar refractivity (Wildman–Crippen MR) is 125 cm³/mol. The molecule has 7 nitrogen and oxygen atoms in total. The van der Waals surface area contributed by atoms with Crippen LogP contribution < -0.4 is 15.5 Å². The third-order valence-electron chi connectivity index (χ3n) is 5.57. The van der Waals surface area contributed by atoms with E-state index in [9.17, 15) is 0 Å². The van der Waals surface area contributed by atoms with E-state index in [4.69, 9.17) is 17.2 Å². The van der Waals surface area contributed by atoms with E-state index >= 15 is 0 Å². The molecule has 1 saturated carbocycles.